The van der Waals surface area contributed by atoms with Crippen LogP contribution in [0.5, 0.6) is 0 Å². The van der Waals surface area contributed by atoms with E-state index in [0.29, 0.717) is 0 Å². The third kappa shape index (κ3) is 3.62. The molecule has 0 unspecified atom stereocenters. The van der Waals surface area contributed by atoms with E-state index in [4.69, 9.17) is 18.5 Å². The lowest BCUT2D eigenvalue weighted by Crippen LogP contribution is -2.47. The van der Waals surface area contributed by atoms with E-state index in [2.05, 4.69) is 0 Å². The maximum atomic E-state index is 14.8. The molecular weight excluding hydrogens is 333 g/mol. The Morgan fingerprint density at radius 3 is 2.30 bits per heavy atom. The molecule has 9 heteroatoms. The average Bonchev–Trinajstić information content (AvgIpc) is 2.74. The van der Waals surface area contributed by atoms with E-state index in [1.165, 1.54) is 13.8 Å². The normalized spacial score (nSPS) is 34.4. The van der Waals surface area contributed by atoms with E-state index >= 15 is 0 Å². The minimum atomic E-state index is -4.63. The van der Waals surface area contributed by atoms with E-state index in [1.807, 2.05) is 0 Å². The smallest absolute Gasteiger partial charge is 0.390 e. The van der Waals surface area contributed by atoms with Gasteiger partial charge in [0.2, 0.25) is 0 Å². The second-order valence-corrected chi connectivity index (χ2v) is 8.40. The van der Waals surface area contributed by atoms with Gasteiger partial charge in [-0.2, -0.15) is 8.78 Å². The largest absolute Gasteiger partial charge is 0.399 e. The summed E-state index contributed by atoms with van der Waals surface area (Å²) in [5, 5.41) is 10.2. The van der Waals surface area contributed by atoms with Crippen LogP contribution >= 0.6 is 7.60 Å². The van der Waals surface area contributed by atoms with Crippen LogP contribution in [-0.4, -0.2) is 48.1 Å². The Morgan fingerprint density at radius 2 is 1.78 bits per heavy atom. The lowest BCUT2D eigenvalue weighted by molar-refractivity contribution is -0.153. The third-order valence-electron chi connectivity index (χ3n) is 4.10. The summed E-state index contributed by atoms with van der Waals surface area (Å²) in [6.45, 7) is 5.97. The molecule has 0 radical (unpaired) electrons. The molecule has 2 fully saturated rings. The second-order valence-electron chi connectivity index (χ2n) is 6.30. The number of ether oxygens (including phenoxy) is 2. The van der Waals surface area contributed by atoms with Crippen molar-refractivity contribution in [1.29, 1.82) is 0 Å². The zero-order valence-electron chi connectivity index (χ0n) is 13.8. The molecule has 1 N–H and O–H groups in total. The summed E-state index contributed by atoms with van der Waals surface area (Å²) in [7, 11) is -4.63. The van der Waals surface area contributed by atoms with E-state index in [-0.39, 0.29) is 26.1 Å². The first-order chi connectivity index (χ1) is 10.6. The first-order valence-electron chi connectivity index (χ1n) is 7.87. The maximum Gasteiger partial charge on any atom is 0.399 e. The van der Waals surface area contributed by atoms with Gasteiger partial charge >= 0.3 is 13.3 Å². The molecule has 0 spiro atoms. The van der Waals surface area contributed by atoms with Crippen molar-refractivity contribution in [1.82, 2.24) is 0 Å². The van der Waals surface area contributed by atoms with Crippen LogP contribution in [0.4, 0.5) is 8.78 Å². The Labute approximate surface area is 135 Å². The highest BCUT2D eigenvalue weighted by molar-refractivity contribution is 7.55. The first-order valence-corrected chi connectivity index (χ1v) is 9.41. The third-order valence-corrected chi connectivity index (χ3v) is 6.39. The van der Waals surface area contributed by atoms with Gasteiger partial charge in [0.25, 0.3) is 0 Å². The predicted molar refractivity (Wildman–Crippen MR) is 78.4 cm³/mol. The Bertz CT molecular complexity index is 462. The van der Waals surface area contributed by atoms with Crippen molar-refractivity contribution < 1.29 is 37.0 Å². The van der Waals surface area contributed by atoms with Crippen molar-refractivity contribution in [3.05, 3.63) is 0 Å². The van der Waals surface area contributed by atoms with Gasteiger partial charge in [0, 0.05) is 5.92 Å². The van der Waals surface area contributed by atoms with Crippen LogP contribution in [0.15, 0.2) is 0 Å². The number of hydrogen-bond acceptors (Lipinski definition) is 6. The SMILES string of the molecule is CCOP(=O)(OCC)C(F)(F)[C@H]1C[C@@H](O)[C@@H]2OC(C)(C)O[C@@H]2C1. The summed E-state index contributed by atoms with van der Waals surface area (Å²) >= 11 is 0. The monoisotopic (exact) mass is 358 g/mol. The zero-order valence-corrected chi connectivity index (χ0v) is 14.7. The van der Waals surface area contributed by atoms with Crippen molar-refractivity contribution in [2.75, 3.05) is 13.2 Å². The molecular formula is C14H25F2O6P. The van der Waals surface area contributed by atoms with Gasteiger partial charge < -0.3 is 23.6 Å². The fourth-order valence-corrected chi connectivity index (χ4v) is 4.99. The number of fused-ring (bicyclic) bond motifs is 1. The molecule has 1 heterocycles. The van der Waals surface area contributed by atoms with Crippen LogP contribution in [-0.2, 0) is 23.1 Å². The van der Waals surface area contributed by atoms with Crippen LogP contribution in [0.1, 0.15) is 40.5 Å². The molecule has 2 aliphatic rings. The number of rotatable bonds is 6. The van der Waals surface area contributed by atoms with Crippen molar-refractivity contribution in [2.45, 2.75) is 70.3 Å². The summed E-state index contributed by atoms with van der Waals surface area (Å²) in [5.41, 5.74) is -3.71. The van der Waals surface area contributed by atoms with Gasteiger partial charge in [0.15, 0.2) is 5.79 Å². The lowest BCUT2D eigenvalue weighted by atomic mass is 9.83. The number of hydrogen-bond donors (Lipinski definition) is 1. The minimum absolute atomic E-state index is 0.0811. The van der Waals surface area contributed by atoms with E-state index in [9.17, 15) is 18.5 Å². The number of alkyl halides is 2. The van der Waals surface area contributed by atoms with Crippen molar-refractivity contribution in [2.24, 2.45) is 5.92 Å². The molecule has 4 atom stereocenters. The first kappa shape index (κ1) is 19.2. The summed E-state index contributed by atoms with van der Waals surface area (Å²) in [6.07, 6.45) is -2.79. The molecule has 136 valence electrons. The highest BCUT2D eigenvalue weighted by atomic mass is 31.2. The van der Waals surface area contributed by atoms with Crippen LogP contribution in [0.2, 0.25) is 0 Å². The maximum absolute atomic E-state index is 14.8. The molecule has 0 aromatic carbocycles. The molecule has 0 aromatic heterocycles. The molecule has 1 saturated carbocycles. The minimum Gasteiger partial charge on any atom is -0.390 e. The lowest BCUT2D eigenvalue weighted by Gasteiger charge is -2.39. The van der Waals surface area contributed by atoms with Crippen LogP contribution < -0.4 is 0 Å². The van der Waals surface area contributed by atoms with Crippen molar-refractivity contribution >= 4 is 7.60 Å². The molecule has 1 aliphatic heterocycles. The van der Waals surface area contributed by atoms with E-state index in [0.717, 1.165) is 0 Å². The van der Waals surface area contributed by atoms with Crippen molar-refractivity contribution in [3.8, 4) is 0 Å². The number of halogens is 2. The van der Waals surface area contributed by atoms with E-state index in [1.54, 1.807) is 13.8 Å². The van der Waals surface area contributed by atoms with Gasteiger partial charge in [-0.3, -0.25) is 4.57 Å². The zero-order chi connectivity index (χ0) is 17.5. The molecule has 0 amide bonds. The predicted octanol–water partition coefficient (Wildman–Crippen LogP) is 3.14. The molecule has 23 heavy (non-hydrogen) atoms. The Hall–Kier alpha value is -0.110. The Kier molecular flexibility index (Phi) is 5.56. The topological polar surface area (TPSA) is 74.2 Å². The average molecular weight is 358 g/mol. The molecule has 1 saturated heterocycles. The Balaban J connectivity index is 2.21. The van der Waals surface area contributed by atoms with E-state index < -0.39 is 43.3 Å². The van der Waals surface area contributed by atoms with Gasteiger partial charge in [-0.25, -0.2) is 0 Å². The molecule has 1 aliphatic carbocycles. The quantitative estimate of drug-likeness (QED) is 0.736. The highest BCUT2D eigenvalue weighted by Crippen LogP contribution is 2.66. The second kappa shape index (κ2) is 6.65. The van der Waals surface area contributed by atoms with Gasteiger partial charge in [0.1, 0.15) is 6.10 Å². The molecule has 0 bridgehead atoms. The summed E-state index contributed by atoms with van der Waals surface area (Å²) < 4.78 is 62.9. The van der Waals surface area contributed by atoms with Crippen molar-refractivity contribution in [3.63, 3.8) is 0 Å². The van der Waals surface area contributed by atoms with Gasteiger partial charge in [-0.05, 0) is 40.5 Å². The Morgan fingerprint density at radius 1 is 1.22 bits per heavy atom. The summed E-state index contributed by atoms with van der Waals surface area (Å²) in [5.74, 6) is -2.32. The number of aliphatic hydroxyl groups excluding tert-OH is 1. The fourth-order valence-electron chi connectivity index (χ4n) is 3.23. The van der Waals surface area contributed by atoms with Crippen LogP contribution in [0, 0.1) is 5.92 Å². The molecule has 0 aromatic rings. The van der Waals surface area contributed by atoms with Crippen LogP contribution in [0.3, 0.4) is 0 Å². The number of aliphatic hydroxyl groups is 1. The molecule has 2 rings (SSSR count). The summed E-state index contributed by atoms with van der Waals surface area (Å²) in [6, 6.07) is 0. The standard InChI is InChI=1S/C14H25F2O6P/c1-5-19-23(18,20-6-2)14(15,16)9-7-10(17)12-11(8-9)21-13(3,4)22-12/h9-12,17H,5-8H2,1-4H3/t9-,10+,11+,12-/m0/s1. The fraction of sp³-hybridized carbons (Fsp3) is 1.00. The van der Waals surface area contributed by atoms with Gasteiger partial charge in [-0.15, -0.1) is 0 Å². The van der Waals surface area contributed by atoms with Crippen LogP contribution in [0.25, 0.3) is 0 Å². The van der Waals surface area contributed by atoms with Gasteiger partial charge in [-0.1, -0.05) is 0 Å². The molecule has 6 nitrogen and oxygen atoms in total. The summed E-state index contributed by atoms with van der Waals surface area (Å²) in [4.78, 5) is 0. The van der Waals surface area contributed by atoms with Gasteiger partial charge in [0.05, 0.1) is 25.4 Å². The highest BCUT2D eigenvalue weighted by Gasteiger charge is 2.62.